The van der Waals surface area contributed by atoms with E-state index in [0.717, 1.165) is 22.5 Å². The first-order valence-corrected chi connectivity index (χ1v) is 7.18. The van der Waals surface area contributed by atoms with Gasteiger partial charge in [-0.15, -0.1) is 11.3 Å². The number of carbonyl (C=O) groups is 1. The molecular formula is C13H18N4OS. The van der Waals surface area contributed by atoms with E-state index in [1.54, 1.807) is 11.3 Å². The summed E-state index contributed by atoms with van der Waals surface area (Å²) in [5.74, 6) is 0.688. The molecule has 0 saturated carbocycles. The molecule has 0 bridgehead atoms. The van der Waals surface area contributed by atoms with Gasteiger partial charge in [-0.3, -0.25) is 4.79 Å². The first-order valence-electron chi connectivity index (χ1n) is 6.36. The van der Waals surface area contributed by atoms with Gasteiger partial charge in [0.1, 0.15) is 17.0 Å². The Bertz CT molecular complexity index is 579. The fourth-order valence-corrected chi connectivity index (χ4v) is 2.69. The number of hydrogen-bond acceptors (Lipinski definition) is 5. The molecule has 1 amide bonds. The molecule has 6 heteroatoms. The number of aryl methyl sites for hydroxylation is 1. The molecule has 0 radical (unpaired) electrons. The van der Waals surface area contributed by atoms with Gasteiger partial charge in [0, 0.05) is 10.9 Å². The van der Waals surface area contributed by atoms with Crippen molar-refractivity contribution in [2.24, 2.45) is 0 Å². The lowest BCUT2D eigenvalue weighted by molar-refractivity contribution is -0.119. The monoisotopic (exact) mass is 278 g/mol. The minimum Gasteiger partial charge on any atom is -0.360 e. The zero-order chi connectivity index (χ0) is 13.8. The van der Waals surface area contributed by atoms with Gasteiger partial charge in [0.25, 0.3) is 0 Å². The summed E-state index contributed by atoms with van der Waals surface area (Å²) in [6.07, 6.45) is 2.51. The van der Waals surface area contributed by atoms with Crippen molar-refractivity contribution in [3.05, 3.63) is 17.3 Å². The molecule has 0 aliphatic rings. The number of nitrogens with one attached hydrogen (secondary N) is 2. The number of nitrogens with zero attached hydrogens (tertiary/aromatic N) is 2. The third-order valence-electron chi connectivity index (χ3n) is 2.59. The van der Waals surface area contributed by atoms with E-state index in [9.17, 15) is 4.79 Å². The maximum Gasteiger partial charge on any atom is 0.239 e. The molecule has 2 N–H and O–H groups in total. The van der Waals surface area contributed by atoms with Gasteiger partial charge in [0.2, 0.25) is 5.91 Å². The molecule has 2 aromatic heterocycles. The van der Waals surface area contributed by atoms with Crippen LogP contribution in [-0.2, 0) is 11.2 Å². The molecule has 0 atom stereocenters. The van der Waals surface area contributed by atoms with E-state index in [4.69, 9.17) is 0 Å². The summed E-state index contributed by atoms with van der Waals surface area (Å²) in [5.41, 5.74) is 0. The number of hydrogen-bond donors (Lipinski definition) is 2. The lowest BCUT2D eigenvalue weighted by atomic mass is 10.3. The SMILES string of the molecule is CCc1cc2c(NCC(=O)NC(C)C)ncnc2s1. The van der Waals surface area contributed by atoms with Gasteiger partial charge >= 0.3 is 0 Å². The van der Waals surface area contributed by atoms with Crippen LogP contribution in [0.3, 0.4) is 0 Å². The van der Waals surface area contributed by atoms with Crippen LogP contribution < -0.4 is 10.6 Å². The Morgan fingerprint density at radius 1 is 1.42 bits per heavy atom. The minimum atomic E-state index is -0.0345. The number of amides is 1. The van der Waals surface area contributed by atoms with E-state index in [2.05, 4.69) is 33.6 Å². The largest absolute Gasteiger partial charge is 0.360 e. The van der Waals surface area contributed by atoms with Crippen LogP contribution in [0.2, 0.25) is 0 Å². The number of carbonyl (C=O) groups excluding carboxylic acids is 1. The number of aromatic nitrogens is 2. The number of thiophene rings is 1. The van der Waals surface area contributed by atoms with Crippen molar-refractivity contribution in [3.8, 4) is 0 Å². The van der Waals surface area contributed by atoms with E-state index in [0.29, 0.717) is 0 Å². The standard InChI is InChI=1S/C13H18N4OS/c1-4-9-5-10-12(15-7-16-13(10)19-9)14-6-11(18)17-8(2)3/h5,7-8H,4,6H2,1-3H3,(H,17,18)(H,14,15,16). The Morgan fingerprint density at radius 3 is 2.89 bits per heavy atom. The second kappa shape index (κ2) is 5.97. The van der Waals surface area contributed by atoms with Crippen LogP contribution in [-0.4, -0.2) is 28.5 Å². The fraction of sp³-hybridized carbons (Fsp3) is 0.462. The van der Waals surface area contributed by atoms with Crippen molar-refractivity contribution in [1.82, 2.24) is 15.3 Å². The summed E-state index contributed by atoms with van der Waals surface area (Å²) >= 11 is 1.66. The third kappa shape index (κ3) is 3.41. The summed E-state index contributed by atoms with van der Waals surface area (Å²) < 4.78 is 0. The highest BCUT2D eigenvalue weighted by atomic mass is 32.1. The minimum absolute atomic E-state index is 0.0345. The van der Waals surface area contributed by atoms with Gasteiger partial charge in [-0.25, -0.2) is 9.97 Å². The van der Waals surface area contributed by atoms with Crippen LogP contribution in [0.1, 0.15) is 25.6 Å². The maximum atomic E-state index is 11.6. The molecule has 0 saturated heterocycles. The number of rotatable bonds is 5. The summed E-state index contributed by atoms with van der Waals surface area (Å²) in [6, 6.07) is 2.23. The molecule has 0 fully saturated rings. The molecule has 0 aliphatic heterocycles. The molecule has 0 unspecified atom stereocenters. The van der Waals surface area contributed by atoms with Crippen LogP contribution in [0, 0.1) is 0 Å². The number of fused-ring (bicyclic) bond motifs is 1. The normalized spacial score (nSPS) is 10.9. The predicted octanol–water partition coefficient (Wildman–Crippen LogP) is 2.19. The zero-order valence-electron chi connectivity index (χ0n) is 11.4. The van der Waals surface area contributed by atoms with Crippen molar-refractivity contribution < 1.29 is 4.79 Å². The Labute approximate surface area is 116 Å². The van der Waals surface area contributed by atoms with Crippen LogP contribution in [0.25, 0.3) is 10.2 Å². The predicted molar refractivity (Wildman–Crippen MR) is 78.6 cm³/mol. The molecule has 2 rings (SSSR count). The van der Waals surface area contributed by atoms with Crippen LogP contribution in [0.5, 0.6) is 0 Å². The summed E-state index contributed by atoms with van der Waals surface area (Å²) in [7, 11) is 0. The molecular weight excluding hydrogens is 260 g/mol. The lowest BCUT2D eigenvalue weighted by Crippen LogP contribution is -2.34. The quantitative estimate of drug-likeness (QED) is 0.880. The highest BCUT2D eigenvalue weighted by Crippen LogP contribution is 2.28. The summed E-state index contributed by atoms with van der Waals surface area (Å²) in [4.78, 5) is 22.3. The molecule has 2 aromatic rings. The Morgan fingerprint density at radius 2 is 2.21 bits per heavy atom. The van der Waals surface area contributed by atoms with E-state index >= 15 is 0 Å². The molecule has 0 spiro atoms. The molecule has 5 nitrogen and oxygen atoms in total. The van der Waals surface area contributed by atoms with Gasteiger partial charge in [0.05, 0.1) is 11.9 Å². The van der Waals surface area contributed by atoms with Crippen molar-refractivity contribution in [2.75, 3.05) is 11.9 Å². The first kappa shape index (κ1) is 13.7. The van der Waals surface area contributed by atoms with Gasteiger partial charge in [-0.2, -0.15) is 0 Å². The van der Waals surface area contributed by atoms with Gasteiger partial charge in [0.15, 0.2) is 0 Å². The highest BCUT2D eigenvalue weighted by Gasteiger charge is 2.09. The topological polar surface area (TPSA) is 66.9 Å². The summed E-state index contributed by atoms with van der Waals surface area (Å²) in [5, 5.41) is 6.90. The van der Waals surface area contributed by atoms with E-state index in [-0.39, 0.29) is 18.5 Å². The van der Waals surface area contributed by atoms with E-state index in [1.807, 2.05) is 13.8 Å². The van der Waals surface area contributed by atoms with Crippen molar-refractivity contribution in [2.45, 2.75) is 33.2 Å². The Balaban J connectivity index is 2.12. The van der Waals surface area contributed by atoms with Crippen molar-refractivity contribution >= 4 is 33.3 Å². The highest BCUT2D eigenvalue weighted by molar-refractivity contribution is 7.18. The summed E-state index contributed by atoms with van der Waals surface area (Å²) in [6.45, 7) is 6.21. The zero-order valence-corrected chi connectivity index (χ0v) is 12.2. The van der Waals surface area contributed by atoms with Crippen LogP contribution in [0.15, 0.2) is 12.4 Å². The number of anilines is 1. The van der Waals surface area contributed by atoms with Crippen molar-refractivity contribution in [1.29, 1.82) is 0 Å². The fourth-order valence-electron chi connectivity index (χ4n) is 1.76. The average Bonchev–Trinajstić information content (AvgIpc) is 2.78. The van der Waals surface area contributed by atoms with E-state index < -0.39 is 0 Å². The molecule has 2 heterocycles. The molecule has 19 heavy (non-hydrogen) atoms. The lowest BCUT2D eigenvalue weighted by Gasteiger charge is -2.09. The van der Waals surface area contributed by atoms with Crippen molar-refractivity contribution in [3.63, 3.8) is 0 Å². The Hall–Kier alpha value is -1.69. The van der Waals surface area contributed by atoms with Gasteiger partial charge < -0.3 is 10.6 Å². The van der Waals surface area contributed by atoms with Crippen LogP contribution >= 0.6 is 11.3 Å². The smallest absolute Gasteiger partial charge is 0.239 e. The first-order chi connectivity index (χ1) is 9.10. The molecule has 0 aromatic carbocycles. The van der Waals surface area contributed by atoms with Crippen LogP contribution in [0.4, 0.5) is 5.82 Å². The van der Waals surface area contributed by atoms with Gasteiger partial charge in [-0.05, 0) is 26.3 Å². The third-order valence-corrected chi connectivity index (χ3v) is 3.78. The second-order valence-electron chi connectivity index (χ2n) is 4.58. The molecule has 0 aliphatic carbocycles. The second-order valence-corrected chi connectivity index (χ2v) is 5.70. The maximum absolute atomic E-state index is 11.6. The van der Waals surface area contributed by atoms with E-state index in [1.165, 1.54) is 11.2 Å². The molecule has 102 valence electrons. The average molecular weight is 278 g/mol. The Kier molecular flexibility index (Phi) is 4.31. The van der Waals surface area contributed by atoms with Gasteiger partial charge in [-0.1, -0.05) is 6.92 Å².